The van der Waals surface area contributed by atoms with E-state index < -0.39 is 26.5 Å². The van der Waals surface area contributed by atoms with Crippen molar-refractivity contribution in [2.75, 3.05) is 26.4 Å². The van der Waals surface area contributed by atoms with Crippen molar-refractivity contribution in [1.29, 1.82) is 0 Å². The molecule has 0 aromatic heterocycles. The Balaban J connectivity index is 3.59. The molecule has 0 aliphatic carbocycles. The number of amides is 1. The molecule has 0 rings (SSSR count). The molecule has 2 atom stereocenters. The first-order valence-corrected chi connectivity index (χ1v) is 22.7. The summed E-state index contributed by atoms with van der Waals surface area (Å²) in [7, 11) is -4.41. The van der Waals surface area contributed by atoms with Crippen LogP contribution in [0.15, 0.2) is 12.2 Å². The predicted molar refractivity (Wildman–Crippen MR) is 211 cm³/mol. The number of hydrogen-bond donors (Lipinski definition) is 3. The van der Waals surface area contributed by atoms with Crippen molar-refractivity contribution < 1.29 is 37.9 Å². The van der Waals surface area contributed by atoms with E-state index in [-0.39, 0.29) is 32.1 Å². The second kappa shape index (κ2) is 38.5. The summed E-state index contributed by atoms with van der Waals surface area (Å²) in [5.41, 5.74) is 0. The number of ether oxygens (including phenoxy) is 1. The van der Waals surface area contributed by atoms with Crippen LogP contribution in [0.4, 0.5) is 0 Å². The monoisotopic (exact) mass is 746 g/mol. The molecule has 0 saturated carbocycles. The molecular weight excluding hydrogens is 665 g/mol. The average Bonchev–Trinajstić information content (AvgIpc) is 3.11. The van der Waals surface area contributed by atoms with Crippen LogP contribution in [0, 0.1) is 0 Å². The number of phosphoric ester groups is 1. The summed E-state index contributed by atoms with van der Waals surface area (Å²) in [5, 5.41) is 12.7. The number of esters is 1. The van der Waals surface area contributed by atoms with E-state index in [4.69, 9.17) is 13.8 Å². The smallest absolute Gasteiger partial charge is 0.463 e. The molecule has 3 N–H and O–H groups in total. The number of phosphoric acid groups is 1. The Morgan fingerprint density at radius 2 is 1.00 bits per heavy atom. The Morgan fingerprint density at radius 3 is 1.47 bits per heavy atom. The second-order valence-corrected chi connectivity index (χ2v) is 15.8. The van der Waals surface area contributed by atoms with Gasteiger partial charge >= 0.3 is 13.8 Å². The van der Waals surface area contributed by atoms with Gasteiger partial charge in [0.15, 0.2) is 0 Å². The maximum Gasteiger partial charge on any atom is 0.472 e. The fourth-order valence-corrected chi connectivity index (χ4v) is 6.72. The van der Waals surface area contributed by atoms with Crippen molar-refractivity contribution in [3.05, 3.63) is 12.2 Å². The third-order valence-corrected chi connectivity index (χ3v) is 10.2. The van der Waals surface area contributed by atoms with Crippen LogP contribution in [0.25, 0.3) is 0 Å². The number of hydrogen-bond acceptors (Lipinski definition) is 7. The number of carbonyl (C=O) groups is 2. The van der Waals surface area contributed by atoms with Crippen LogP contribution < -0.4 is 5.32 Å². The first kappa shape index (κ1) is 49.8. The van der Waals surface area contributed by atoms with E-state index in [1.54, 1.807) is 0 Å². The molecule has 0 fully saturated rings. The van der Waals surface area contributed by atoms with Gasteiger partial charge in [0.05, 0.1) is 13.2 Å². The van der Waals surface area contributed by atoms with Crippen LogP contribution in [0.1, 0.15) is 206 Å². The van der Waals surface area contributed by atoms with Crippen molar-refractivity contribution in [1.82, 2.24) is 5.32 Å². The van der Waals surface area contributed by atoms with Crippen molar-refractivity contribution in [2.45, 2.75) is 213 Å². The summed E-state index contributed by atoms with van der Waals surface area (Å²) < 4.78 is 26.8. The van der Waals surface area contributed by atoms with Gasteiger partial charge in [0.25, 0.3) is 0 Å². The molecule has 51 heavy (non-hydrogen) atoms. The van der Waals surface area contributed by atoms with Crippen molar-refractivity contribution in [2.24, 2.45) is 0 Å². The van der Waals surface area contributed by atoms with Crippen LogP contribution in [0.5, 0.6) is 0 Å². The SMILES string of the molecule is CCCCCCCCC/C=C\CCCCCCCC(=O)NCCOP(=O)(O)OCC(O)COC(=O)CCCCCCCCCCCCCCCC. The molecule has 0 aliphatic rings. The summed E-state index contributed by atoms with van der Waals surface area (Å²) in [6.45, 7) is 3.56. The molecule has 0 heterocycles. The van der Waals surface area contributed by atoms with Gasteiger partial charge in [-0.05, 0) is 38.5 Å². The summed E-state index contributed by atoms with van der Waals surface area (Å²) in [4.78, 5) is 33.8. The van der Waals surface area contributed by atoms with Crippen LogP contribution in [0.3, 0.4) is 0 Å². The maximum absolute atomic E-state index is 12.1. The standard InChI is InChI=1S/C41H80NO8P/c1-3-5-7-9-11-13-15-17-19-20-21-23-25-27-29-31-33-40(44)42-35-36-49-51(46,47)50-38-39(43)37-48-41(45)34-32-30-28-26-24-22-18-16-14-12-10-8-6-4-2/h19-20,39,43H,3-18,21-38H2,1-2H3,(H,42,44)(H,46,47)/b20-19-. The first-order chi connectivity index (χ1) is 24.8. The molecule has 0 bridgehead atoms. The maximum atomic E-state index is 12.1. The van der Waals surface area contributed by atoms with Gasteiger partial charge in [0, 0.05) is 19.4 Å². The zero-order chi connectivity index (χ0) is 37.5. The zero-order valence-corrected chi connectivity index (χ0v) is 34.0. The Bertz CT molecular complexity index is 856. The molecular formula is C41H80NO8P. The fourth-order valence-electron chi connectivity index (χ4n) is 5.96. The Hall–Kier alpha value is -1.25. The zero-order valence-electron chi connectivity index (χ0n) is 33.1. The lowest BCUT2D eigenvalue weighted by atomic mass is 10.0. The topological polar surface area (TPSA) is 131 Å². The number of rotatable bonds is 40. The molecule has 1 amide bonds. The van der Waals surface area contributed by atoms with Crippen LogP contribution >= 0.6 is 7.82 Å². The molecule has 0 aliphatic heterocycles. The lowest BCUT2D eigenvalue weighted by molar-refractivity contribution is -0.147. The van der Waals surface area contributed by atoms with Gasteiger partial charge in [0.2, 0.25) is 5.91 Å². The van der Waals surface area contributed by atoms with Crippen molar-refractivity contribution in [3.63, 3.8) is 0 Å². The Morgan fingerprint density at radius 1 is 0.588 bits per heavy atom. The number of nitrogens with one attached hydrogen (secondary N) is 1. The highest BCUT2D eigenvalue weighted by molar-refractivity contribution is 7.47. The van der Waals surface area contributed by atoms with E-state index in [0.29, 0.717) is 6.42 Å². The molecule has 0 saturated heterocycles. The molecule has 0 aromatic carbocycles. The molecule has 10 heteroatoms. The van der Waals surface area contributed by atoms with Crippen LogP contribution in [0.2, 0.25) is 0 Å². The Kier molecular flexibility index (Phi) is 37.5. The summed E-state index contributed by atoms with van der Waals surface area (Å²) in [6, 6.07) is 0. The average molecular weight is 746 g/mol. The number of aliphatic hydroxyl groups excluding tert-OH is 1. The number of unbranched alkanes of at least 4 members (excludes halogenated alkanes) is 25. The third kappa shape index (κ3) is 39.8. The lowest BCUT2D eigenvalue weighted by Gasteiger charge is -2.15. The summed E-state index contributed by atoms with van der Waals surface area (Å²) in [6.07, 6.45) is 38.5. The fraction of sp³-hybridized carbons (Fsp3) is 0.902. The lowest BCUT2D eigenvalue weighted by Crippen LogP contribution is -2.27. The quantitative estimate of drug-likeness (QED) is 0.0244. The molecule has 302 valence electrons. The normalized spacial score (nSPS) is 13.4. The van der Waals surface area contributed by atoms with Gasteiger partial charge in [-0.1, -0.05) is 167 Å². The van der Waals surface area contributed by atoms with E-state index in [0.717, 1.165) is 44.9 Å². The van der Waals surface area contributed by atoms with E-state index in [2.05, 4.69) is 31.3 Å². The van der Waals surface area contributed by atoms with Gasteiger partial charge in [-0.2, -0.15) is 0 Å². The van der Waals surface area contributed by atoms with Gasteiger partial charge in [-0.15, -0.1) is 0 Å². The van der Waals surface area contributed by atoms with Gasteiger partial charge in [0.1, 0.15) is 12.7 Å². The van der Waals surface area contributed by atoms with Gasteiger partial charge in [-0.25, -0.2) is 4.57 Å². The largest absolute Gasteiger partial charge is 0.472 e. The minimum Gasteiger partial charge on any atom is -0.463 e. The van der Waals surface area contributed by atoms with Crippen molar-refractivity contribution in [3.8, 4) is 0 Å². The molecule has 0 radical (unpaired) electrons. The highest BCUT2D eigenvalue weighted by Gasteiger charge is 2.23. The third-order valence-electron chi connectivity index (χ3n) is 9.20. The molecule has 9 nitrogen and oxygen atoms in total. The van der Waals surface area contributed by atoms with Crippen LogP contribution in [-0.2, 0) is 27.9 Å². The molecule has 2 unspecified atom stereocenters. The number of allylic oxidation sites excluding steroid dienone is 2. The summed E-state index contributed by atoms with van der Waals surface area (Å²) >= 11 is 0. The Labute approximate surface area is 313 Å². The first-order valence-electron chi connectivity index (χ1n) is 21.2. The molecule has 0 spiro atoms. The minimum absolute atomic E-state index is 0.0807. The predicted octanol–water partition coefficient (Wildman–Crippen LogP) is 11.4. The second-order valence-electron chi connectivity index (χ2n) is 14.3. The van der Waals surface area contributed by atoms with Crippen molar-refractivity contribution >= 4 is 19.7 Å². The number of carbonyl (C=O) groups excluding carboxylic acids is 2. The minimum atomic E-state index is -4.41. The highest BCUT2D eigenvalue weighted by Crippen LogP contribution is 2.42. The number of aliphatic hydroxyl groups is 1. The van der Waals surface area contributed by atoms with E-state index in [1.165, 1.54) is 135 Å². The van der Waals surface area contributed by atoms with Gasteiger partial charge < -0.3 is 20.1 Å². The van der Waals surface area contributed by atoms with E-state index in [1.807, 2.05) is 0 Å². The highest BCUT2D eigenvalue weighted by atomic mass is 31.2. The molecule has 0 aromatic rings. The van der Waals surface area contributed by atoms with E-state index in [9.17, 15) is 24.2 Å². The van der Waals surface area contributed by atoms with Crippen LogP contribution in [-0.4, -0.2) is 54.3 Å². The van der Waals surface area contributed by atoms with E-state index >= 15 is 0 Å². The van der Waals surface area contributed by atoms with Gasteiger partial charge in [-0.3, -0.25) is 18.6 Å². The summed E-state index contributed by atoms with van der Waals surface area (Å²) in [5.74, 6) is -0.518.